The highest BCUT2D eigenvalue weighted by atomic mass is 32.2. The second-order valence-corrected chi connectivity index (χ2v) is 6.92. The summed E-state index contributed by atoms with van der Waals surface area (Å²) in [5.41, 5.74) is 1.40. The minimum Gasteiger partial charge on any atom is -0.380 e. The lowest BCUT2D eigenvalue weighted by molar-refractivity contribution is 0.116. The molecule has 0 aromatic carbocycles. The molecule has 122 valence electrons. The summed E-state index contributed by atoms with van der Waals surface area (Å²) < 4.78 is 33.1. The van der Waals surface area contributed by atoms with Gasteiger partial charge >= 0.3 is 0 Å². The maximum Gasteiger partial charge on any atom is 0.260 e. The highest BCUT2D eigenvalue weighted by Crippen LogP contribution is 2.17. The monoisotopic (exact) mass is 318 g/mol. The number of sulfonamides is 1. The number of nitrogens with zero attached hydrogens (tertiary/aromatic N) is 1. The van der Waals surface area contributed by atoms with Gasteiger partial charge in [0.25, 0.3) is 10.0 Å². The number of hydrogen-bond donors (Lipinski definition) is 3. The van der Waals surface area contributed by atoms with Crippen LogP contribution in [0.3, 0.4) is 0 Å². The van der Waals surface area contributed by atoms with Crippen molar-refractivity contribution in [2.75, 3.05) is 20.3 Å². The van der Waals surface area contributed by atoms with Crippen molar-refractivity contribution in [3.05, 3.63) is 11.3 Å². The zero-order chi connectivity index (χ0) is 16.0. The fourth-order valence-electron chi connectivity index (χ4n) is 1.90. The molecule has 0 aliphatic heterocycles. The number of ether oxygens (including phenoxy) is 1. The van der Waals surface area contributed by atoms with E-state index < -0.39 is 10.0 Å². The van der Waals surface area contributed by atoms with Crippen molar-refractivity contribution >= 4 is 10.0 Å². The van der Waals surface area contributed by atoms with Crippen LogP contribution in [0.4, 0.5) is 0 Å². The van der Waals surface area contributed by atoms with Crippen molar-refractivity contribution in [3.63, 3.8) is 0 Å². The van der Waals surface area contributed by atoms with E-state index in [1.165, 1.54) is 0 Å². The molecule has 0 radical (unpaired) electrons. The molecule has 21 heavy (non-hydrogen) atoms. The molecule has 0 aliphatic carbocycles. The Bertz CT molecular complexity index is 540. The Labute approximate surface area is 126 Å². The largest absolute Gasteiger partial charge is 0.380 e. The van der Waals surface area contributed by atoms with Crippen LogP contribution in [0.15, 0.2) is 5.03 Å². The highest BCUT2D eigenvalue weighted by Gasteiger charge is 2.27. The third-order valence-electron chi connectivity index (χ3n) is 3.26. The van der Waals surface area contributed by atoms with Gasteiger partial charge in [-0.05, 0) is 26.8 Å². The van der Waals surface area contributed by atoms with E-state index in [2.05, 4.69) is 20.2 Å². The van der Waals surface area contributed by atoms with E-state index >= 15 is 0 Å². The van der Waals surface area contributed by atoms with Gasteiger partial charge in [0.15, 0.2) is 5.03 Å². The van der Waals surface area contributed by atoms with Gasteiger partial charge < -0.3 is 10.1 Å². The third kappa shape index (κ3) is 4.77. The lowest BCUT2D eigenvalue weighted by atomic mass is 10.1. The SMILES string of the molecule is CCOCC(NS(=O)(=O)c1n[nH]c(C)c1CNC)C(C)C. The van der Waals surface area contributed by atoms with Crippen molar-refractivity contribution in [1.29, 1.82) is 0 Å². The van der Waals surface area contributed by atoms with E-state index in [1.54, 1.807) is 14.0 Å². The summed E-state index contributed by atoms with van der Waals surface area (Å²) in [5.74, 6) is 0.124. The Morgan fingerprint density at radius 3 is 2.57 bits per heavy atom. The smallest absolute Gasteiger partial charge is 0.260 e. The number of H-pyrrole nitrogens is 1. The number of nitrogens with one attached hydrogen (secondary N) is 3. The summed E-state index contributed by atoms with van der Waals surface area (Å²) in [7, 11) is -1.91. The molecular weight excluding hydrogens is 292 g/mol. The first-order valence-electron chi connectivity index (χ1n) is 7.12. The highest BCUT2D eigenvalue weighted by molar-refractivity contribution is 7.89. The van der Waals surface area contributed by atoms with Crippen LogP contribution in [0.2, 0.25) is 0 Å². The van der Waals surface area contributed by atoms with E-state index in [0.29, 0.717) is 25.3 Å². The zero-order valence-electron chi connectivity index (χ0n) is 13.4. The number of aryl methyl sites for hydroxylation is 1. The molecule has 1 rings (SSSR count). The van der Waals surface area contributed by atoms with Gasteiger partial charge in [-0.1, -0.05) is 13.8 Å². The molecule has 8 heteroatoms. The number of aromatic amines is 1. The Balaban J connectivity index is 2.99. The summed E-state index contributed by atoms with van der Waals surface area (Å²) in [6.45, 7) is 8.94. The average Bonchev–Trinajstić information content (AvgIpc) is 2.77. The van der Waals surface area contributed by atoms with Crippen LogP contribution >= 0.6 is 0 Å². The normalized spacial score (nSPS) is 13.8. The van der Waals surface area contributed by atoms with Gasteiger partial charge in [0, 0.05) is 30.5 Å². The zero-order valence-corrected chi connectivity index (χ0v) is 14.2. The summed E-state index contributed by atoms with van der Waals surface area (Å²) >= 11 is 0. The maximum atomic E-state index is 12.5. The molecule has 0 spiro atoms. The van der Waals surface area contributed by atoms with Crippen molar-refractivity contribution in [2.24, 2.45) is 5.92 Å². The maximum absolute atomic E-state index is 12.5. The Kier molecular flexibility index (Phi) is 6.79. The molecule has 7 nitrogen and oxygen atoms in total. The van der Waals surface area contributed by atoms with Gasteiger partial charge in [-0.15, -0.1) is 0 Å². The Morgan fingerprint density at radius 2 is 2.05 bits per heavy atom. The minimum absolute atomic E-state index is 0.0523. The van der Waals surface area contributed by atoms with Gasteiger partial charge in [0.05, 0.1) is 6.61 Å². The van der Waals surface area contributed by atoms with Crippen LogP contribution < -0.4 is 10.0 Å². The summed E-state index contributed by atoms with van der Waals surface area (Å²) in [4.78, 5) is 0. The minimum atomic E-state index is -3.68. The Morgan fingerprint density at radius 1 is 1.38 bits per heavy atom. The van der Waals surface area contributed by atoms with Crippen LogP contribution in [0.25, 0.3) is 0 Å². The molecule has 0 saturated heterocycles. The lowest BCUT2D eigenvalue weighted by Gasteiger charge is -2.21. The summed E-state index contributed by atoms with van der Waals surface area (Å²) in [5, 5.41) is 9.69. The molecule has 0 aliphatic rings. The molecule has 0 amide bonds. The van der Waals surface area contributed by atoms with Crippen LogP contribution in [0.5, 0.6) is 0 Å². The van der Waals surface area contributed by atoms with E-state index in [4.69, 9.17) is 4.74 Å². The molecule has 0 saturated carbocycles. The van der Waals surface area contributed by atoms with Gasteiger partial charge in [0.1, 0.15) is 0 Å². The van der Waals surface area contributed by atoms with Crippen molar-refractivity contribution in [1.82, 2.24) is 20.2 Å². The van der Waals surface area contributed by atoms with Gasteiger partial charge in [-0.3, -0.25) is 5.10 Å². The number of hydrogen-bond acceptors (Lipinski definition) is 5. The molecule has 1 unspecified atom stereocenters. The molecule has 0 bridgehead atoms. The number of aromatic nitrogens is 2. The third-order valence-corrected chi connectivity index (χ3v) is 4.72. The van der Waals surface area contributed by atoms with Gasteiger partial charge in [0.2, 0.25) is 0 Å². The Hall–Kier alpha value is -0.960. The fraction of sp³-hybridized carbons (Fsp3) is 0.769. The van der Waals surface area contributed by atoms with E-state index in [0.717, 1.165) is 5.69 Å². The topological polar surface area (TPSA) is 96.1 Å². The lowest BCUT2D eigenvalue weighted by Crippen LogP contribution is -2.42. The van der Waals surface area contributed by atoms with E-state index in [9.17, 15) is 8.42 Å². The van der Waals surface area contributed by atoms with E-state index in [1.807, 2.05) is 20.8 Å². The summed E-state index contributed by atoms with van der Waals surface area (Å²) in [6.07, 6.45) is 0. The standard InChI is InChI=1S/C13H26N4O3S/c1-6-20-8-12(9(2)3)17-21(18,19)13-11(7-14-5)10(4)15-16-13/h9,12,14,17H,6-8H2,1-5H3,(H,15,16). The summed E-state index contributed by atoms with van der Waals surface area (Å²) in [6, 6.07) is -0.283. The van der Waals surface area contributed by atoms with Crippen LogP contribution in [-0.4, -0.2) is 44.9 Å². The molecule has 1 aromatic heterocycles. The first-order valence-corrected chi connectivity index (χ1v) is 8.60. The predicted octanol–water partition coefficient (Wildman–Crippen LogP) is 0.777. The van der Waals surface area contributed by atoms with Crippen LogP contribution in [-0.2, 0) is 21.3 Å². The molecule has 1 atom stereocenters. The second-order valence-electron chi connectivity index (χ2n) is 5.29. The average molecular weight is 318 g/mol. The molecule has 0 fully saturated rings. The number of rotatable bonds is 9. The van der Waals surface area contributed by atoms with E-state index in [-0.39, 0.29) is 17.0 Å². The molecule has 3 N–H and O–H groups in total. The molecule has 1 heterocycles. The van der Waals surface area contributed by atoms with Gasteiger partial charge in [-0.2, -0.15) is 5.10 Å². The van der Waals surface area contributed by atoms with Gasteiger partial charge in [-0.25, -0.2) is 13.1 Å². The van der Waals surface area contributed by atoms with Crippen molar-refractivity contribution in [3.8, 4) is 0 Å². The first kappa shape index (κ1) is 18.1. The van der Waals surface area contributed by atoms with Crippen LogP contribution in [0.1, 0.15) is 32.0 Å². The first-order chi connectivity index (χ1) is 9.83. The van der Waals surface area contributed by atoms with Crippen molar-refractivity contribution in [2.45, 2.75) is 45.3 Å². The fourth-order valence-corrected chi connectivity index (χ4v) is 3.47. The molecule has 1 aromatic rings. The van der Waals surface area contributed by atoms with Crippen LogP contribution in [0, 0.1) is 12.8 Å². The predicted molar refractivity (Wildman–Crippen MR) is 81.5 cm³/mol. The quantitative estimate of drug-likeness (QED) is 0.625. The second kappa shape index (κ2) is 7.88. The van der Waals surface area contributed by atoms with Crippen molar-refractivity contribution < 1.29 is 13.2 Å². The molecular formula is C13H26N4O3S.